The van der Waals surface area contributed by atoms with Gasteiger partial charge in [-0.3, -0.25) is 0 Å². The molecule has 2 aliphatic rings. The van der Waals surface area contributed by atoms with Crippen LogP contribution in [0.25, 0.3) is 11.3 Å². The highest BCUT2D eigenvalue weighted by Gasteiger charge is 2.48. The van der Waals surface area contributed by atoms with Crippen LogP contribution in [0.15, 0.2) is 36.8 Å². The number of ether oxygens (including phenoxy) is 1. The van der Waals surface area contributed by atoms with Crippen molar-refractivity contribution in [2.45, 2.75) is 31.6 Å². The van der Waals surface area contributed by atoms with Gasteiger partial charge in [0.2, 0.25) is 0 Å². The Morgan fingerprint density at radius 1 is 1.35 bits per heavy atom. The molecule has 1 N–H and O–H groups in total. The Labute approximate surface area is 118 Å². The van der Waals surface area contributed by atoms with Crippen LogP contribution in [-0.4, -0.2) is 33.0 Å². The monoisotopic (exact) mass is 270 g/mol. The SMILES string of the molecule is CC1(C)OC[C@@H]([C@@H]2c3ccccc3-c3cncn32)[C@@H]1O. The lowest BCUT2D eigenvalue weighted by atomic mass is 9.85. The first-order chi connectivity index (χ1) is 9.59. The van der Waals surface area contributed by atoms with Crippen LogP contribution in [0, 0.1) is 5.92 Å². The van der Waals surface area contributed by atoms with Gasteiger partial charge in [-0.1, -0.05) is 24.3 Å². The summed E-state index contributed by atoms with van der Waals surface area (Å²) < 4.78 is 7.97. The zero-order chi connectivity index (χ0) is 13.9. The molecule has 104 valence electrons. The quantitative estimate of drug-likeness (QED) is 0.864. The highest BCUT2D eigenvalue weighted by molar-refractivity contribution is 5.69. The number of nitrogens with zero attached hydrogens (tertiary/aromatic N) is 2. The van der Waals surface area contributed by atoms with Crippen LogP contribution in [0.5, 0.6) is 0 Å². The molecule has 4 heteroatoms. The molecular formula is C16H18N2O2. The molecule has 0 bridgehead atoms. The third-order valence-electron chi connectivity index (χ3n) is 4.69. The molecule has 3 heterocycles. The molecule has 2 aromatic rings. The lowest BCUT2D eigenvalue weighted by Gasteiger charge is -2.28. The normalized spacial score (nSPS) is 30.2. The predicted octanol–water partition coefficient (Wildman–Crippen LogP) is 2.24. The van der Waals surface area contributed by atoms with Crippen molar-refractivity contribution >= 4 is 0 Å². The summed E-state index contributed by atoms with van der Waals surface area (Å²) in [6, 6.07) is 8.48. The third kappa shape index (κ3) is 1.46. The van der Waals surface area contributed by atoms with Crippen LogP contribution in [0.4, 0.5) is 0 Å². The minimum atomic E-state index is -0.483. The molecule has 2 aliphatic heterocycles. The Kier molecular flexibility index (Phi) is 2.38. The van der Waals surface area contributed by atoms with Crippen molar-refractivity contribution in [3.63, 3.8) is 0 Å². The van der Waals surface area contributed by atoms with E-state index in [9.17, 15) is 5.11 Å². The number of imidazole rings is 1. The van der Waals surface area contributed by atoms with Crippen molar-refractivity contribution in [1.82, 2.24) is 9.55 Å². The summed E-state index contributed by atoms with van der Waals surface area (Å²) in [4.78, 5) is 4.27. The summed E-state index contributed by atoms with van der Waals surface area (Å²) in [5, 5.41) is 10.6. The van der Waals surface area contributed by atoms with Gasteiger partial charge in [-0.25, -0.2) is 4.98 Å². The molecule has 0 radical (unpaired) electrons. The Morgan fingerprint density at radius 3 is 2.90 bits per heavy atom. The molecule has 1 fully saturated rings. The van der Waals surface area contributed by atoms with Crippen molar-refractivity contribution in [2.24, 2.45) is 5.92 Å². The highest BCUT2D eigenvalue weighted by atomic mass is 16.5. The number of fused-ring (bicyclic) bond motifs is 3. The van der Waals surface area contributed by atoms with E-state index in [-0.39, 0.29) is 12.0 Å². The van der Waals surface area contributed by atoms with Crippen molar-refractivity contribution in [3.8, 4) is 11.3 Å². The lowest BCUT2D eigenvalue weighted by molar-refractivity contribution is -0.0321. The van der Waals surface area contributed by atoms with Crippen molar-refractivity contribution in [2.75, 3.05) is 6.61 Å². The average molecular weight is 270 g/mol. The van der Waals surface area contributed by atoms with Crippen LogP contribution in [-0.2, 0) is 4.74 Å². The van der Waals surface area contributed by atoms with Gasteiger partial charge in [0.05, 0.1) is 42.6 Å². The number of rotatable bonds is 1. The van der Waals surface area contributed by atoms with Gasteiger partial charge in [0.15, 0.2) is 0 Å². The summed E-state index contributed by atoms with van der Waals surface area (Å²) in [6.45, 7) is 4.48. The topological polar surface area (TPSA) is 47.3 Å². The van der Waals surface area contributed by atoms with Crippen LogP contribution in [0.2, 0.25) is 0 Å². The molecule has 1 saturated heterocycles. The van der Waals surface area contributed by atoms with Gasteiger partial charge in [0, 0.05) is 11.5 Å². The maximum Gasteiger partial charge on any atom is 0.0956 e. The summed E-state index contributed by atoms with van der Waals surface area (Å²) >= 11 is 0. The summed E-state index contributed by atoms with van der Waals surface area (Å²) in [5.41, 5.74) is 3.12. The zero-order valence-corrected chi connectivity index (χ0v) is 11.7. The minimum absolute atomic E-state index is 0.0570. The van der Waals surface area contributed by atoms with E-state index in [4.69, 9.17) is 4.74 Å². The molecular weight excluding hydrogens is 252 g/mol. The van der Waals surface area contributed by atoms with Gasteiger partial charge in [0.25, 0.3) is 0 Å². The largest absolute Gasteiger partial charge is 0.390 e. The molecule has 0 unspecified atom stereocenters. The van der Waals surface area contributed by atoms with E-state index in [1.165, 1.54) is 11.1 Å². The fourth-order valence-electron chi connectivity index (χ4n) is 3.58. The minimum Gasteiger partial charge on any atom is -0.390 e. The number of benzene rings is 1. The number of hydrogen-bond acceptors (Lipinski definition) is 3. The summed E-state index contributed by atoms with van der Waals surface area (Å²) in [5.74, 6) is 0.0570. The highest BCUT2D eigenvalue weighted by Crippen LogP contribution is 2.47. The average Bonchev–Trinajstić information content (AvgIpc) is 3.07. The Bertz CT molecular complexity index is 662. The number of aromatic nitrogens is 2. The van der Waals surface area contributed by atoms with E-state index in [1.807, 2.05) is 32.4 Å². The fourth-order valence-corrected chi connectivity index (χ4v) is 3.58. The van der Waals surface area contributed by atoms with Gasteiger partial charge in [-0.2, -0.15) is 0 Å². The molecule has 0 saturated carbocycles. The van der Waals surface area contributed by atoms with Crippen LogP contribution >= 0.6 is 0 Å². The van der Waals surface area contributed by atoms with Gasteiger partial charge in [-0.15, -0.1) is 0 Å². The smallest absolute Gasteiger partial charge is 0.0956 e. The van der Waals surface area contributed by atoms with E-state index in [0.717, 1.165) is 5.69 Å². The molecule has 3 atom stereocenters. The number of aliphatic hydroxyl groups is 1. The molecule has 1 aromatic carbocycles. The van der Waals surface area contributed by atoms with Crippen molar-refractivity contribution < 1.29 is 9.84 Å². The number of aliphatic hydroxyl groups excluding tert-OH is 1. The van der Waals surface area contributed by atoms with Gasteiger partial charge in [-0.05, 0) is 19.4 Å². The van der Waals surface area contributed by atoms with Gasteiger partial charge in [0.1, 0.15) is 0 Å². The van der Waals surface area contributed by atoms with Crippen molar-refractivity contribution in [1.29, 1.82) is 0 Å². The van der Waals surface area contributed by atoms with Crippen LogP contribution in [0.1, 0.15) is 25.5 Å². The molecule has 0 aliphatic carbocycles. The first-order valence-electron chi connectivity index (χ1n) is 7.03. The second kappa shape index (κ2) is 3.93. The molecule has 4 rings (SSSR count). The molecule has 20 heavy (non-hydrogen) atoms. The molecule has 0 spiro atoms. The maximum atomic E-state index is 10.6. The Hall–Kier alpha value is -1.65. The molecule has 4 nitrogen and oxygen atoms in total. The molecule has 1 aromatic heterocycles. The maximum absolute atomic E-state index is 10.6. The predicted molar refractivity (Wildman–Crippen MR) is 75.3 cm³/mol. The summed E-state index contributed by atoms with van der Waals surface area (Å²) in [7, 11) is 0. The summed E-state index contributed by atoms with van der Waals surface area (Å²) in [6.07, 6.45) is 3.28. The van der Waals surface area contributed by atoms with E-state index >= 15 is 0 Å². The van der Waals surface area contributed by atoms with Crippen LogP contribution < -0.4 is 0 Å². The van der Waals surface area contributed by atoms with Crippen molar-refractivity contribution in [3.05, 3.63) is 42.4 Å². The first-order valence-corrected chi connectivity index (χ1v) is 7.03. The van der Waals surface area contributed by atoms with E-state index in [1.54, 1.807) is 0 Å². The van der Waals surface area contributed by atoms with Gasteiger partial charge >= 0.3 is 0 Å². The van der Waals surface area contributed by atoms with E-state index < -0.39 is 11.7 Å². The second-order valence-electron chi connectivity index (χ2n) is 6.24. The number of hydrogen-bond donors (Lipinski definition) is 1. The lowest BCUT2D eigenvalue weighted by Crippen LogP contribution is -2.38. The Morgan fingerprint density at radius 2 is 2.15 bits per heavy atom. The standard InChI is InChI=1S/C16H18N2O2/c1-16(2)15(19)12(8-20-16)14-11-6-4-3-5-10(11)13-7-17-9-18(13)14/h3-7,9,12,14-15,19H,8H2,1-2H3/t12-,14-,15-/m0/s1. The third-order valence-corrected chi connectivity index (χ3v) is 4.69. The Balaban J connectivity index is 1.84. The first kappa shape index (κ1) is 12.1. The molecule has 0 amide bonds. The second-order valence-corrected chi connectivity index (χ2v) is 6.24. The van der Waals surface area contributed by atoms with E-state index in [2.05, 4.69) is 27.8 Å². The van der Waals surface area contributed by atoms with Gasteiger partial charge < -0.3 is 14.4 Å². The fraction of sp³-hybridized carbons (Fsp3) is 0.438. The zero-order valence-electron chi connectivity index (χ0n) is 11.7. The van der Waals surface area contributed by atoms with Crippen LogP contribution in [0.3, 0.4) is 0 Å². The van der Waals surface area contributed by atoms with E-state index in [0.29, 0.717) is 6.61 Å².